The number of aryl methyl sites for hydroxylation is 1. The minimum atomic E-state index is 0.412. The molecule has 1 aromatic rings. The van der Waals surface area contributed by atoms with E-state index in [0.717, 1.165) is 44.8 Å². The van der Waals surface area contributed by atoms with Gasteiger partial charge in [0.05, 0.1) is 6.10 Å². The van der Waals surface area contributed by atoms with Crippen LogP contribution in [0, 0.1) is 0 Å². The van der Waals surface area contributed by atoms with E-state index in [0.29, 0.717) is 12.1 Å². The molecule has 0 amide bonds. The Hall–Kier alpha value is -0.940. The quantitative estimate of drug-likeness (QED) is 0.793. The molecule has 1 fully saturated rings. The van der Waals surface area contributed by atoms with Crippen molar-refractivity contribution in [2.75, 3.05) is 13.2 Å². The summed E-state index contributed by atoms with van der Waals surface area (Å²) < 4.78 is 7.90. The van der Waals surface area contributed by atoms with Crippen molar-refractivity contribution in [1.29, 1.82) is 0 Å². The second-order valence-electron chi connectivity index (χ2n) is 5.58. The topological polar surface area (TPSA) is 52.0 Å². The fourth-order valence-corrected chi connectivity index (χ4v) is 2.90. The largest absolute Gasteiger partial charge is 0.378 e. The van der Waals surface area contributed by atoms with Gasteiger partial charge in [0.25, 0.3) is 0 Å². The van der Waals surface area contributed by atoms with Crippen molar-refractivity contribution in [3.63, 3.8) is 0 Å². The Balaban J connectivity index is 1.91. The molecule has 0 spiro atoms. The standard InChI is InChI=1S/C15H28N4O/c1-3-8-19-15(17-12-18-19)11-13(16-4-2)10-14-7-5-6-9-20-14/h12-14,16H,3-11H2,1-2H3. The summed E-state index contributed by atoms with van der Waals surface area (Å²) in [6.07, 6.45) is 8.90. The number of hydrogen-bond donors (Lipinski definition) is 1. The van der Waals surface area contributed by atoms with Crippen LogP contribution < -0.4 is 5.32 Å². The first-order chi connectivity index (χ1) is 9.83. The van der Waals surface area contributed by atoms with Gasteiger partial charge < -0.3 is 10.1 Å². The van der Waals surface area contributed by atoms with Gasteiger partial charge in [0.15, 0.2) is 0 Å². The van der Waals surface area contributed by atoms with Gasteiger partial charge in [-0.3, -0.25) is 4.68 Å². The number of likely N-dealkylation sites (N-methyl/N-ethyl adjacent to an activating group) is 1. The Kier molecular flexibility index (Phi) is 6.47. The van der Waals surface area contributed by atoms with Crippen LogP contribution in [0.4, 0.5) is 0 Å². The van der Waals surface area contributed by atoms with Crippen LogP contribution in [0.15, 0.2) is 6.33 Å². The number of hydrogen-bond acceptors (Lipinski definition) is 4. The Bertz CT molecular complexity index is 374. The predicted molar refractivity (Wildman–Crippen MR) is 79.7 cm³/mol. The van der Waals surface area contributed by atoms with Crippen LogP contribution in [0.1, 0.15) is 51.8 Å². The molecule has 0 radical (unpaired) electrons. The number of ether oxygens (including phenoxy) is 1. The summed E-state index contributed by atoms with van der Waals surface area (Å²) in [6.45, 7) is 7.19. The third kappa shape index (κ3) is 4.56. The zero-order chi connectivity index (χ0) is 14.2. The molecule has 1 saturated heterocycles. The monoisotopic (exact) mass is 280 g/mol. The molecule has 1 aliphatic rings. The van der Waals surface area contributed by atoms with Gasteiger partial charge in [-0.1, -0.05) is 13.8 Å². The van der Waals surface area contributed by atoms with Crippen LogP contribution in [0.25, 0.3) is 0 Å². The van der Waals surface area contributed by atoms with E-state index >= 15 is 0 Å². The average Bonchev–Trinajstić information content (AvgIpc) is 2.88. The normalized spacial score (nSPS) is 21.0. The first-order valence-electron chi connectivity index (χ1n) is 8.05. The second-order valence-corrected chi connectivity index (χ2v) is 5.58. The molecule has 5 heteroatoms. The number of aromatic nitrogens is 3. The Morgan fingerprint density at radius 1 is 1.45 bits per heavy atom. The Labute approximate surface area is 122 Å². The summed E-state index contributed by atoms with van der Waals surface area (Å²) in [6, 6.07) is 0.433. The molecule has 20 heavy (non-hydrogen) atoms. The maximum absolute atomic E-state index is 5.87. The molecule has 1 N–H and O–H groups in total. The van der Waals surface area contributed by atoms with Crippen LogP contribution in [-0.4, -0.2) is 40.1 Å². The highest BCUT2D eigenvalue weighted by Crippen LogP contribution is 2.18. The lowest BCUT2D eigenvalue weighted by Gasteiger charge is -2.27. The summed E-state index contributed by atoms with van der Waals surface area (Å²) in [5.41, 5.74) is 0. The lowest BCUT2D eigenvalue weighted by atomic mass is 9.99. The van der Waals surface area contributed by atoms with Crippen LogP contribution in [0.3, 0.4) is 0 Å². The first kappa shape index (κ1) is 15.4. The Morgan fingerprint density at radius 3 is 3.05 bits per heavy atom. The molecule has 2 heterocycles. The average molecular weight is 280 g/mol. The van der Waals surface area contributed by atoms with Crippen LogP contribution in [0.2, 0.25) is 0 Å². The van der Waals surface area contributed by atoms with Crippen molar-refractivity contribution in [1.82, 2.24) is 20.1 Å². The highest BCUT2D eigenvalue weighted by molar-refractivity contribution is 4.91. The molecule has 0 saturated carbocycles. The predicted octanol–water partition coefficient (Wildman–Crippen LogP) is 2.17. The van der Waals surface area contributed by atoms with Gasteiger partial charge in [0.2, 0.25) is 0 Å². The van der Waals surface area contributed by atoms with Gasteiger partial charge in [-0.2, -0.15) is 5.10 Å². The molecule has 0 bridgehead atoms. The van der Waals surface area contributed by atoms with Gasteiger partial charge >= 0.3 is 0 Å². The maximum Gasteiger partial charge on any atom is 0.138 e. The van der Waals surface area contributed by atoms with Gasteiger partial charge in [-0.25, -0.2) is 4.98 Å². The lowest BCUT2D eigenvalue weighted by Crippen LogP contribution is -2.37. The zero-order valence-corrected chi connectivity index (χ0v) is 12.8. The number of nitrogens with zero attached hydrogens (tertiary/aromatic N) is 3. The van der Waals surface area contributed by atoms with Crippen LogP contribution in [-0.2, 0) is 17.7 Å². The zero-order valence-electron chi connectivity index (χ0n) is 12.8. The summed E-state index contributed by atoms with van der Waals surface area (Å²) in [5.74, 6) is 1.09. The molecule has 1 aromatic heterocycles. The van der Waals surface area contributed by atoms with Gasteiger partial charge in [0.1, 0.15) is 12.2 Å². The minimum absolute atomic E-state index is 0.412. The molecular formula is C15H28N4O. The van der Waals surface area contributed by atoms with Crippen LogP contribution in [0.5, 0.6) is 0 Å². The molecule has 5 nitrogen and oxygen atoms in total. The fraction of sp³-hybridized carbons (Fsp3) is 0.867. The molecule has 2 unspecified atom stereocenters. The van der Waals surface area contributed by atoms with Crippen molar-refractivity contribution in [2.24, 2.45) is 0 Å². The van der Waals surface area contributed by atoms with Crippen molar-refractivity contribution < 1.29 is 4.74 Å². The summed E-state index contributed by atoms with van der Waals surface area (Å²) >= 11 is 0. The Morgan fingerprint density at radius 2 is 2.35 bits per heavy atom. The van der Waals surface area contributed by atoms with Crippen molar-refractivity contribution in [2.45, 2.75) is 71.1 Å². The smallest absolute Gasteiger partial charge is 0.138 e. The molecule has 1 aliphatic heterocycles. The van der Waals surface area contributed by atoms with Gasteiger partial charge in [0, 0.05) is 25.6 Å². The van der Waals surface area contributed by atoms with Gasteiger partial charge in [-0.15, -0.1) is 0 Å². The molecule has 2 rings (SSSR count). The molecule has 0 aromatic carbocycles. The van der Waals surface area contributed by atoms with Crippen molar-refractivity contribution in [3.8, 4) is 0 Å². The first-order valence-corrected chi connectivity index (χ1v) is 8.05. The highest BCUT2D eigenvalue weighted by Gasteiger charge is 2.20. The number of nitrogens with one attached hydrogen (secondary N) is 1. The summed E-state index contributed by atoms with van der Waals surface area (Å²) in [7, 11) is 0. The van der Waals surface area contributed by atoms with E-state index in [1.807, 2.05) is 4.68 Å². The third-order valence-corrected chi connectivity index (χ3v) is 3.87. The summed E-state index contributed by atoms with van der Waals surface area (Å²) in [5, 5.41) is 7.89. The van der Waals surface area contributed by atoms with E-state index in [2.05, 4.69) is 29.2 Å². The van der Waals surface area contributed by atoms with E-state index < -0.39 is 0 Å². The van der Waals surface area contributed by atoms with E-state index in [-0.39, 0.29) is 0 Å². The SMILES string of the molecule is CCCn1ncnc1CC(CC1CCCCO1)NCC. The van der Waals surface area contributed by atoms with Crippen molar-refractivity contribution >= 4 is 0 Å². The lowest BCUT2D eigenvalue weighted by molar-refractivity contribution is 0.00518. The molecule has 0 aliphatic carbocycles. The highest BCUT2D eigenvalue weighted by atomic mass is 16.5. The maximum atomic E-state index is 5.87. The minimum Gasteiger partial charge on any atom is -0.378 e. The second kappa shape index (κ2) is 8.37. The molecule has 114 valence electrons. The number of rotatable bonds is 8. The van der Waals surface area contributed by atoms with E-state index in [4.69, 9.17) is 4.74 Å². The fourth-order valence-electron chi connectivity index (χ4n) is 2.90. The van der Waals surface area contributed by atoms with E-state index in [9.17, 15) is 0 Å². The molecular weight excluding hydrogens is 252 g/mol. The van der Waals surface area contributed by atoms with Crippen LogP contribution >= 0.6 is 0 Å². The third-order valence-electron chi connectivity index (χ3n) is 3.87. The molecule has 2 atom stereocenters. The van der Waals surface area contributed by atoms with Gasteiger partial charge in [-0.05, 0) is 38.6 Å². The van der Waals surface area contributed by atoms with Crippen molar-refractivity contribution in [3.05, 3.63) is 12.2 Å². The van der Waals surface area contributed by atoms with E-state index in [1.54, 1.807) is 6.33 Å². The summed E-state index contributed by atoms with van der Waals surface area (Å²) in [4.78, 5) is 4.42. The van der Waals surface area contributed by atoms with E-state index in [1.165, 1.54) is 19.3 Å².